The average molecular weight is 339 g/mol. The van der Waals surface area contributed by atoms with Gasteiger partial charge >= 0.3 is 5.63 Å². The van der Waals surface area contributed by atoms with Gasteiger partial charge in [0.05, 0.1) is 13.7 Å². The lowest BCUT2D eigenvalue weighted by Gasteiger charge is -2.07. The van der Waals surface area contributed by atoms with Crippen LogP contribution in [-0.4, -0.2) is 19.6 Å². The molecule has 0 fully saturated rings. The zero-order valence-electron chi connectivity index (χ0n) is 13.9. The van der Waals surface area contributed by atoms with Gasteiger partial charge in [-0.1, -0.05) is 0 Å². The molecule has 1 amide bonds. The van der Waals surface area contributed by atoms with Crippen LogP contribution in [0.3, 0.4) is 0 Å². The van der Waals surface area contributed by atoms with Gasteiger partial charge in [-0.3, -0.25) is 4.79 Å². The summed E-state index contributed by atoms with van der Waals surface area (Å²) in [4.78, 5) is 24.5. The minimum atomic E-state index is -0.704. The Labute approximate surface area is 144 Å². The summed E-state index contributed by atoms with van der Waals surface area (Å²) in [5.74, 6) is 0.748. The second-order valence-corrected chi connectivity index (χ2v) is 5.26. The maximum Gasteiger partial charge on any atom is 0.349 e. The van der Waals surface area contributed by atoms with E-state index in [1.54, 1.807) is 42.5 Å². The summed E-state index contributed by atoms with van der Waals surface area (Å²) in [6, 6.07) is 13.5. The van der Waals surface area contributed by atoms with Crippen molar-refractivity contribution in [3.63, 3.8) is 0 Å². The lowest BCUT2D eigenvalue weighted by molar-refractivity contribution is 0.102. The largest absolute Gasteiger partial charge is 0.497 e. The third-order valence-electron chi connectivity index (χ3n) is 3.61. The van der Waals surface area contributed by atoms with Gasteiger partial charge in [0.2, 0.25) is 0 Å². The molecule has 25 heavy (non-hydrogen) atoms. The van der Waals surface area contributed by atoms with Crippen LogP contribution in [0.2, 0.25) is 0 Å². The van der Waals surface area contributed by atoms with Crippen LogP contribution in [-0.2, 0) is 0 Å². The Balaban J connectivity index is 1.86. The number of carbonyl (C=O) groups is 1. The molecule has 0 unspecified atom stereocenters. The topological polar surface area (TPSA) is 77.8 Å². The van der Waals surface area contributed by atoms with Gasteiger partial charge in [-0.25, -0.2) is 4.79 Å². The second-order valence-electron chi connectivity index (χ2n) is 5.26. The van der Waals surface area contributed by atoms with Crippen molar-refractivity contribution >= 4 is 22.6 Å². The van der Waals surface area contributed by atoms with Crippen molar-refractivity contribution in [2.45, 2.75) is 6.92 Å². The molecular formula is C19H17NO5. The summed E-state index contributed by atoms with van der Waals surface area (Å²) in [5, 5.41) is 3.31. The highest BCUT2D eigenvalue weighted by Gasteiger charge is 2.14. The van der Waals surface area contributed by atoms with Crippen LogP contribution in [0.25, 0.3) is 11.0 Å². The Hall–Kier alpha value is -3.28. The third-order valence-corrected chi connectivity index (χ3v) is 3.61. The van der Waals surface area contributed by atoms with Gasteiger partial charge < -0.3 is 19.2 Å². The molecule has 0 saturated heterocycles. The van der Waals surface area contributed by atoms with Crippen LogP contribution in [0.4, 0.5) is 5.69 Å². The Kier molecular flexibility index (Phi) is 4.70. The quantitative estimate of drug-likeness (QED) is 0.720. The first kappa shape index (κ1) is 16.6. The van der Waals surface area contributed by atoms with Crippen LogP contribution in [0.15, 0.2) is 57.7 Å². The number of hydrogen-bond donors (Lipinski definition) is 1. The van der Waals surface area contributed by atoms with Crippen molar-refractivity contribution in [3.05, 3.63) is 64.5 Å². The molecule has 3 rings (SSSR count). The molecule has 0 aliphatic heterocycles. The van der Waals surface area contributed by atoms with Crippen molar-refractivity contribution in [1.82, 2.24) is 0 Å². The molecule has 6 heteroatoms. The average Bonchev–Trinajstić information content (AvgIpc) is 2.62. The highest BCUT2D eigenvalue weighted by Crippen LogP contribution is 2.21. The van der Waals surface area contributed by atoms with E-state index < -0.39 is 11.5 Å². The number of fused-ring (bicyclic) bond motifs is 1. The Bertz CT molecular complexity index is 960. The van der Waals surface area contributed by atoms with Gasteiger partial charge in [-0.05, 0) is 49.4 Å². The number of carbonyl (C=O) groups excluding carboxylic acids is 1. The molecule has 0 atom stereocenters. The summed E-state index contributed by atoms with van der Waals surface area (Å²) in [6.07, 6.45) is 0. The number of amides is 1. The fourth-order valence-electron chi connectivity index (χ4n) is 2.38. The number of benzene rings is 2. The number of rotatable bonds is 5. The minimum Gasteiger partial charge on any atom is -0.497 e. The lowest BCUT2D eigenvalue weighted by Crippen LogP contribution is -2.20. The van der Waals surface area contributed by atoms with E-state index in [1.165, 1.54) is 13.2 Å². The van der Waals surface area contributed by atoms with Crippen LogP contribution in [0, 0.1) is 0 Å². The monoisotopic (exact) mass is 339 g/mol. The normalized spacial score (nSPS) is 10.5. The molecule has 0 spiro atoms. The molecule has 0 saturated carbocycles. The first-order valence-corrected chi connectivity index (χ1v) is 7.77. The SMILES string of the molecule is CCOc1ccc(NC(=O)c2cc3ccc(OC)cc3oc2=O)cc1. The van der Waals surface area contributed by atoms with Crippen molar-refractivity contribution in [2.75, 3.05) is 19.0 Å². The highest BCUT2D eigenvalue weighted by atomic mass is 16.5. The number of ether oxygens (including phenoxy) is 2. The molecule has 1 N–H and O–H groups in total. The second kappa shape index (κ2) is 7.09. The van der Waals surface area contributed by atoms with E-state index in [1.807, 2.05) is 6.92 Å². The molecule has 6 nitrogen and oxygen atoms in total. The summed E-state index contributed by atoms with van der Waals surface area (Å²) in [6.45, 7) is 2.46. The van der Waals surface area contributed by atoms with Crippen molar-refractivity contribution < 1.29 is 18.7 Å². The first-order valence-electron chi connectivity index (χ1n) is 7.77. The fraction of sp³-hybridized carbons (Fsp3) is 0.158. The van der Waals surface area contributed by atoms with E-state index >= 15 is 0 Å². The van der Waals surface area contributed by atoms with Gasteiger partial charge in [0.1, 0.15) is 22.6 Å². The van der Waals surface area contributed by atoms with Crippen LogP contribution in [0.5, 0.6) is 11.5 Å². The summed E-state index contributed by atoms with van der Waals surface area (Å²) < 4.78 is 15.7. The standard InChI is InChI=1S/C19H17NO5/c1-3-24-14-8-5-13(6-9-14)20-18(21)16-10-12-4-7-15(23-2)11-17(12)25-19(16)22/h4-11H,3H2,1-2H3,(H,20,21). The fourth-order valence-corrected chi connectivity index (χ4v) is 2.38. The van der Waals surface area contributed by atoms with Gasteiger partial charge in [-0.15, -0.1) is 0 Å². The van der Waals surface area contributed by atoms with E-state index in [4.69, 9.17) is 13.9 Å². The van der Waals surface area contributed by atoms with E-state index in [0.29, 0.717) is 34.8 Å². The van der Waals surface area contributed by atoms with E-state index in [2.05, 4.69) is 5.32 Å². The maximum atomic E-state index is 12.4. The molecule has 0 aliphatic carbocycles. The maximum absolute atomic E-state index is 12.4. The van der Waals surface area contributed by atoms with Crippen LogP contribution in [0.1, 0.15) is 17.3 Å². The Morgan fingerprint density at radius 1 is 1.08 bits per heavy atom. The minimum absolute atomic E-state index is 0.0634. The van der Waals surface area contributed by atoms with Crippen molar-refractivity contribution in [2.24, 2.45) is 0 Å². The van der Waals surface area contributed by atoms with E-state index in [-0.39, 0.29) is 5.56 Å². The molecule has 3 aromatic rings. The molecule has 0 aliphatic rings. The van der Waals surface area contributed by atoms with E-state index in [9.17, 15) is 9.59 Å². The van der Waals surface area contributed by atoms with Gasteiger partial charge in [0.15, 0.2) is 0 Å². The predicted molar refractivity (Wildman–Crippen MR) is 94.6 cm³/mol. The predicted octanol–water partition coefficient (Wildman–Crippen LogP) is 3.45. The molecule has 128 valence electrons. The molecule has 0 bridgehead atoms. The summed E-state index contributed by atoms with van der Waals surface area (Å²) >= 11 is 0. The van der Waals surface area contributed by atoms with Crippen molar-refractivity contribution in [1.29, 1.82) is 0 Å². The van der Waals surface area contributed by atoms with Crippen LogP contribution < -0.4 is 20.4 Å². The number of nitrogens with one attached hydrogen (secondary N) is 1. The highest BCUT2D eigenvalue weighted by molar-refractivity contribution is 6.05. The Morgan fingerprint density at radius 2 is 1.80 bits per heavy atom. The number of hydrogen-bond acceptors (Lipinski definition) is 5. The number of anilines is 1. The van der Waals surface area contributed by atoms with Gasteiger partial charge in [0.25, 0.3) is 5.91 Å². The summed E-state index contributed by atoms with van der Waals surface area (Å²) in [5.41, 5.74) is 0.153. The van der Waals surface area contributed by atoms with Crippen molar-refractivity contribution in [3.8, 4) is 11.5 Å². The molecule has 2 aromatic carbocycles. The van der Waals surface area contributed by atoms with Gasteiger partial charge in [0, 0.05) is 17.1 Å². The number of methoxy groups -OCH3 is 1. The first-order chi connectivity index (χ1) is 12.1. The van der Waals surface area contributed by atoms with E-state index in [0.717, 1.165) is 0 Å². The zero-order chi connectivity index (χ0) is 17.8. The third kappa shape index (κ3) is 3.63. The zero-order valence-corrected chi connectivity index (χ0v) is 13.9. The van der Waals surface area contributed by atoms with Crippen LogP contribution >= 0.6 is 0 Å². The molecule has 1 aromatic heterocycles. The lowest BCUT2D eigenvalue weighted by atomic mass is 10.1. The summed E-state index contributed by atoms with van der Waals surface area (Å²) in [7, 11) is 1.53. The molecule has 0 radical (unpaired) electrons. The smallest absolute Gasteiger partial charge is 0.349 e. The molecule has 1 heterocycles. The van der Waals surface area contributed by atoms with Gasteiger partial charge in [-0.2, -0.15) is 0 Å². The Morgan fingerprint density at radius 3 is 2.48 bits per heavy atom. The molecular weight excluding hydrogens is 322 g/mol.